The molecular formula is C11H15NO3. The van der Waals surface area contributed by atoms with Crippen molar-refractivity contribution in [3.8, 4) is 5.75 Å². The van der Waals surface area contributed by atoms with Crippen LogP contribution in [-0.4, -0.2) is 23.2 Å². The second-order valence-corrected chi connectivity index (χ2v) is 3.34. The largest absolute Gasteiger partial charge is 0.506 e. The number of carbonyl (C=O) groups excluding carboxylic acids is 1. The van der Waals surface area contributed by atoms with Gasteiger partial charge in [0.05, 0.1) is 12.8 Å². The summed E-state index contributed by atoms with van der Waals surface area (Å²) in [5.41, 5.74) is 1.50. The molecule has 0 atom stereocenters. The third-order valence-electron chi connectivity index (χ3n) is 2.16. The van der Waals surface area contributed by atoms with Crippen LogP contribution in [-0.2, 0) is 16.0 Å². The maximum Gasteiger partial charge on any atom is 0.305 e. The summed E-state index contributed by atoms with van der Waals surface area (Å²) < 4.78 is 4.53. The fraction of sp³-hybridized carbons (Fsp3) is 0.455. The molecule has 0 saturated heterocycles. The van der Waals surface area contributed by atoms with Crippen LogP contribution in [0.5, 0.6) is 5.75 Å². The Morgan fingerprint density at radius 3 is 2.87 bits per heavy atom. The van der Waals surface area contributed by atoms with Gasteiger partial charge in [-0.05, 0) is 31.9 Å². The van der Waals surface area contributed by atoms with E-state index >= 15 is 0 Å². The molecule has 0 bridgehead atoms. The lowest BCUT2D eigenvalue weighted by Crippen LogP contribution is -2.01. The summed E-state index contributed by atoms with van der Waals surface area (Å²) in [6.45, 7) is 1.75. The molecule has 0 spiro atoms. The number of hydrogen-bond donors (Lipinski definition) is 1. The summed E-state index contributed by atoms with van der Waals surface area (Å²) in [4.78, 5) is 15.0. The Balaban J connectivity index is 2.44. The summed E-state index contributed by atoms with van der Waals surface area (Å²) in [6, 6.07) is 3.38. The molecule has 0 radical (unpaired) electrons. The minimum atomic E-state index is -0.203. The number of aromatic nitrogens is 1. The number of rotatable bonds is 4. The minimum Gasteiger partial charge on any atom is -0.506 e. The van der Waals surface area contributed by atoms with Gasteiger partial charge in [0.15, 0.2) is 0 Å². The molecule has 1 aromatic rings. The lowest BCUT2D eigenvalue weighted by atomic mass is 10.1. The molecule has 4 nitrogen and oxygen atoms in total. The van der Waals surface area contributed by atoms with E-state index in [0.29, 0.717) is 18.5 Å². The average molecular weight is 209 g/mol. The fourth-order valence-corrected chi connectivity index (χ4v) is 1.26. The normalized spacial score (nSPS) is 10.0. The molecule has 82 valence electrons. The van der Waals surface area contributed by atoms with Gasteiger partial charge < -0.3 is 9.84 Å². The molecular weight excluding hydrogens is 194 g/mol. The van der Waals surface area contributed by atoms with Crippen LogP contribution in [0, 0.1) is 6.92 Å². The number of aromatic hydroxyl groups is 1. The lowest BCUT2D eigenvalue weighted by Gasteiger charge is -2.03. The molecule has 0 aliphatic rings. The SMILES string of the molecule is COC(=O)CCCc1ccc(O)c(C)n1. The van der Waals surface area contributed by atoms with Gasteiger partial charge in [0.25, 0.3) is 0 Å². The van der Waals surface area contributed by atoms with Gasteiger partial charge >= 0.3 is 5.97 Å². The maximum atomic E-state index is 10.8. The van der Waals surface area contributed by atoms with Gasteiger partial charge in [0.1, 0.15) is 5.75 Å². The van der Waals surface area contributed by atoms with Gasteiger partial charge in [0.2, 0.25) is 0 Å². The van der Waals surface area contributed by atoms with Crippen molar-refractivity contribution < 1.29 is 14.6 Å². The number of carbonyl (C=O) groups is 1. The highest BCUT2D eigenvalue weighted by molar-refractivity contribution is 5.69. The van der Waals surface area contributed by atoms with Crippen LogP contribution in [0.3, 0.4) is 0 Å². The van der Waals surface area contributed by atoms with Gasteiger partial charge in [-0.1, -0.05) is 0 Å². The summed E-state index contributed by atoms with van der Waals surface area (Å²) in [5, 5.41) is 9.26. The zero-order valence-electron chi connectivity index (χ0n) is 8.99. The van der Waals surface area contributed by atoms with Crippen molar-refractivity contribution in [3.05, 3.63) is 23.5 Å². The van der Waals surface area contributed by atoms with Crippen molar-refractivity contribution in [2.24, 2.45) is 0 Å². The Labute approximate surface area is 88.9 Å². The third kappa shape index (κ3) is 3.58. The van der Waals surface area contributed by atoms with Crippen LogP contribution in [0.1, 0.15) is 24.2 Å². The first kappa shape index (κ1) is 11.5. The highest BCUT2D eigenvalue weighted by atomic mass is 16.5. The molecule has 0 aliphatic heterocycles. The predicted molar refractivity (Wildman–Crippen MR) is 55.6 cm³/mol. The Morgan fingerprint density at radius 2 is 2.27 bits per heavy atom. The highest BCUT2D eigenvalue weighted by Crippen LogP contribution is 2.14. The van der Waals surface area contributed by atoms with Gasteiger partial charge in [-0.2, -0.15) is 0 Å². The van der Waals surface area contributed by atoms with Gasteiger partial charge in [-0.3, -0.25) is 9.78 Å². The zero-order valence-corrected chi connectivity index (χ0v) is 8.99. The Hall–Kier alpha value is -1.58. The number of esters is 1. The van der Waals surface area contributed by atoms with E-state index in [1.54, 1.807) is 19.1 Å². The number of methoxy groups -OCH3 is 1. The lowest BCUT2D eigenvalue weighted by molar-refractivity contribution is -0.140. The van der Waals surface area contributed by atoms with Crippen LogP contribution < -0.4 is 0 Å². The van der Waals surface area contributed by atoms with Crippen molar-refractivity contribution in [1.82, 2.24) is 4.98 Å². The van der Waals surface area contributed by atoms with Gasteiger partial charge in [-0.25, -0.2) is 0 Å². The Morgan fingerprint density at radius 1 is 1.53 bits per heavy atom. The summed E-state index contributed by atoms with van der Waals surface area (Å²) >= 11 is 0. The average Bonchev–Trinajstić information content (AvgIpc) is 2.23. The van der Waals surface area contributed by atoms with Crippen molar-refractivity contribution in [2.75, 3.05) is 7.11 Å². The first-order valence-electron chi connectivity index (χ1n) is 4.86. The topological polar surface area (TPSA) is 59.4 Å². The second kappa shape index (κ2) is 5.34. The van der Waals surface area contributed by atoms with Gasteiger partial charge in [-0.15, -0.1) is 0 Å². The fourth-order valence-electron chi connectivity index (χ4n) is 1.26. The van der Waals surface area contributed by atoms with E-state index in [2.05, 4.69) is 9.72 Å². The molecule has 0 unspecified atom stereocenters. The molecule has 0 saturated carbocycles. The van der Waals surface area contributed by atoms with E-state index < -0.39 is 0 Å². The van der Waals surface area contributed by atoms with Crippen molar-refractivity contribution in [1.29, 1.82) is 0 Å². The van der Waals surface area contributed by atoms with Gasteiger partial charge in [0, 0.05) is 12.1 Å². The number of aryl methyl sites for hydroxylation is 2. The predicted octanol–water partition coefficient (Wildman–Crippen LogP) is 1.59. The van der Waals surface area contributed by atoms with Crippen molar-refractivity contribution in [3.63, 3.8) is 0 Å². The number of hydrogen-bond acceptors (Lipinski definition) is 4. The van der Waals surface area contributed by atoms with Crippen LogP contribution >= 0.6 is 0 Å². The van der Waals surface area contributed by atoms with E-state index in [9.17, 15) is 9.90 Å². The molecule has 15 heavy (non-hydrogen) atoms. The van der Waals surface area contributed by atoms with E-state index in [-0.39, 0.29) is 11.7 Å². The van der Waals surface area contributed by atoms with E-state index in [1.165, 1.54) is 7.11 Å². The molecule has 1 aromatic heterocycles. The quantitative estimate of drug-likeness (QED) is 0.765. The number of nitrogens with zero attached hydrogens (tertiary/aromatic N) is 1. The molecule has 0 aromatic carbocycles. The van der Waals surface area contributed by atoms with Crippen LogP contribution in [0.15, 0.2) is 12.1 Å². The first-order valence-corrected chi connectivity index (χ1v) is 4.86. The number of ether oxygens (including phenoxy) is 1. The highest BCUT2D eigenvalue weighted by Gasteiger charge is 2.03. The molecule has 1 heterocycles. The van der Waals surface area contributed by atoms with Crippen LogP contribution in [0.2, 0.25) is 0 Å². The molecule has 0 fully saturated rings. The van der Waals surface area contributed by atoms with Crippen molar-refractivity contribution >= 4 is 5.97 Å². The molecule has 0 aliphatic carbocycles. The van der Waals surface area contributed by atoms with Crippen LogP contribution in [0.25, 0.3) is 0 Å². The smallest absolute Gasteiger partial charge is 0.305 e. The third-order valence-corrected chi connectivity index (χ3v) is 2.16. The second-order valence-electron chi connectivity index (χ2n) is 3.34. The van der Waals surface area contributed by atoms with E-state index in [1.807, 2.05) is 0 Å². The minimum absolute atomic E-state index is 0.201. The standard InChI is InChI=1S/C11H15NO3/c1-8-10(13)7-6-9(12-8)4-3-5-11(14)15-2/h6-7,13H,3-5H2,1-2H3. The van der Waals surface area contributed by atoms with Crippen LogP contribution in [0.4, 0.5) is 0 Å². The Bertz CT molecular complexity index is 350. The summed E-state index contributed by atoms with van der Waals surface area (Å²) in [5.74, 6) is -0.00258. The number of pyridine rings is 1. The summed E-state index contributed by atoms with van der Waals surface area (Å²) in [6.07, 6.45) is 1.83. The Kier molecular flexibility index (Phi) is 4.09. The molecule has 1 rings (SSSR count). The first-order chi connectivity index (χ1) is 7.13. The monoisotopic (exact) mass is 209 g/mol. The zero-order chi connectivity index (χ0) is 11.3. The maximum absolute atomic E-state index is 10.8. The van der Waals surface area contributed by atoms with E-state index in [4.69, 9.17) is 0 Å². The molecule has 0 amide bonds. The molecule has 4 heteroatoms. The van der Waals surface area contributed by atoms with Crippen molar-refractivity contribution in [2.45, 2.75) is 26.2 Å². The molecule has 1 N–H and O–H groups in total. The van der Waals surface area contributed by atoms with E-state index in [0.717, 1.165) is 12.1 Å². The summed E-state index contributed by atoms with van der Waals surface area (Å²) in [7, 11) is 1.38.